The monoisotopic (exact) mass is 302 g/mol. The number of aryl methyl sites for hydroxylation is 1. The van der Waals surface area contributed by atoms with Crippen molar-refractivity contribution in [1.29, 1.82) is 0 Å². The van der Waals surface area contributed by atoms with E-state index < -0.39 is 0 Å². The average molecular weight is 303 g/mol. The fraction of sp³-hybridized carbons (Fsp3) is 0.294. The molecule has 1 aromatic heterocycles. The van der Waals surface area contributed by atoms with Gasteiger partial charge >= 0.3 is 0 Å². The molecule has 1 heterocycles. The van der Waals surface area contributed by atoms with E-state index in [1.54, 1.807) is 12.1 Å². The van der Waals surface area contributed by atoms with E-state index in [1.807, 2.05) is 32.0 Å². The summed E-state index contributed by atoms with van der Waals surface area (Å²) in [5.74, 6) is -0.127. The standard InChI is InChI=1S/C17H19ClN2O/c1-17(2,10-8-13-6-4-3-5-7-13)20-16(21)14-9-11-19-15(18)12-14/h3-7,9,11-12H,8,10H2,1-2H3,(H,20,21). The van der Waals surface area contributed by atoms with E-state index in [-0.39, 0.29) is 11.4 Å². The summed E-state index contributed by atoms with van der Waals surface area (Å²) in [6, 6.07) is 13.5. The highest BCUT2D eigenvalue weighted by atomic mass is 35.5. The van der Waals surface area contributed by atoms with Crippen LogP contribution in [0, 0.1) is 0 Å². The Hall–Kier alpha value is -1.87. The van der Waals surface area contributed by atoms with Crippen LogP contribution in [0.5, 0.6) is 0 Å². The van der Waals surface area contributed by atoms with Crippen LogP contribution < -0.4 is 5.32 Å². The molecule has 0 atom stereocenters. The number of hydrogen-bond acceptors (Lipinski definition) is 2. The van der Waals surface area contributed by atoms with Crippen molar-refractivity contribution in [3.63, 3.8) is 0 Å². The second-order valence-corrected chi connectivity index (χ2v) is 6.08. The lowest BCUT2D eigenvalue weighted by Crippen LogP contribution is -2.43. The van der Waals surface area contributed by atoms with Crippen LogP contribution in [0.15, 0.2) is 48.7 Å². The summed E-state index contributed by atoms with van der Waals surface area (Å²) in [6.07, 6.45) is 3.32. The second-order valence-electron chi connectivity index (χ2n) is 5.69. The van der Waals surface area contributed by atoms with Gasteiger partial charge in [0.15, 0.2) is 0 Å². The Kier molecular flexibility index (Phi) is 4.97. The number of aromatic nitrogens is 1. The maximum absolute atomic E-state index is 12.2. The summed E-state index contributed by atoms with van der Waals surface area (Å²) < 4.78 is 0. The molecule has 0 saturated carbocycles. The van der Waals surface area contributed by atoms with Gasteiger partial charge in [0.2, 0.25) is 0 Å². The number of amides is 1. The first-order valence-electron chi connectivity index (χ1n) is 6.94. The quantitative estimate of drug-likeness (QED) is 0.852. The Labute approximate surface area is 130 Å². The molecule has 2 aromatic rings. The van der Waals surface area contributed by atoms with Crippen molar-refractivity contribution in [3.8, 4) is 0 Å². The minimum Gasteiger partial charge on any atom is -0.347 e. The van der Waals surface area contributed by atoms with Crippen LogP contribution in [0.2, 0.25) is 5.15 Å². The van der Waals surface area contributed by atoms with Crippen molar-refractivity contribution in [2.24, 2.45) is 0 Å². The number of hydrogen-bond donors (Lipinski definition) is 1. The van der Waals surface area contributed by atoms with Crippen molar-refractivity contribution in [1.82, 2.24) is 10.3 Å². The number of rotatable bonds is 5. The fourth-order valence-corrected chi connectivity index (χ4v) is 2.26. The molecule has 110 valence electrons. The first kappa shape index (κ1) is 15.5. The van der Waals surface area contributed by atoms with Crippen molar-refractivity contribution in [3.05, 3.63) is 64.9 Å². The fourth-order valence-electron chi connectivity index (χ4n) is 2.09. The predicted octanol–water partition coefficient (Wildman–Crippen LogP) is 3.88. The molecule has 0 saturated heterocycles. The van der Waals surface area contributed by atoms with Crippen molar-refractivity contribution in [2.45, 2.75) is 32.2 Å². The Bertz CT molecular complexity index is 611. The molecule has 0 radical (unpaired) electrons. The molecule has 0 aliphatic heterocycles. The molecule has 1 N–H and O–H groups in total. The first-order chi connectivity index (χ1) is 9.96. The zero-order chi connectivity index (χ0) is 15.3. The second kappa shape index (κ2) is 6.72. The van der Waals surface area contributed by atoms with Gasteiger partial charge in [-0.15, -0.1) is 0 Å². The largest absolute Gasteiger partial charge is 0.347 e. The van der Waals surface area contributed by atoms with Crippen molar-refractivity contribution >= 4 is 17.5 Å². The predicted molar refractivity (Wildman–Crippen MR) is 85.6 cm³/mol. The topological polar surface area (TPSA) is 42.0 Å². The molecule has 0 fully saturated rings. The molecular formula is C17H19ClN2O. The van der Waals surface area contributed by atoms with Crippen LogP contribution in [-0.4, -0.2) is 16.4 Å². The van der Waals surface area contributed by atoms with Gasteiger partial charge < -0.3 is 5.32 Å². The highest BCUT2D eigenvalue weighted by molar-refractivity contribution is 6.29. The molecule has 0 spiro atoms. The molecule has 0 aliphatic rings. The van der Waals surface area contributed by atoms with E-state index in [1.165, 1.54) is 11.8 Å². The van der Waals surface area contributed by atoms with Gasteiger partial charge in [-0.1, -0.05) is 41.9 Å². The molecule has 0 aliphatic carbocycles. The lowest BCUT2D eigenvalue weighted by Gasteiger charge is -2.26. The maximum Gasteiger partial charge on any atom is 0.251 e. The van der Waals surface area contributed by atoms with Gasteiger partial charge in [0.05, 0.1) is 0 Å². The van der Waals surface area contributed by atoms with Gasteiger partial charge in [0.1, 0.15) is 5.15 Å². The Morgan fingerprint density at radius 1 is 1.24 bits per heavy atom. The van der Waals surface area contributed by atoms with Gasteiger partial charge in [-0.3, -0.25) is 4.79 Å². The van der Waals surface area contributed by atoms with Gasteiger partial charge in [-0.2, -0.15) is 0 Å². The molecule has 2 rings (SSSR count). The number of pyridine rings is 1. The van der Waals surface area contributed by atoms with E-state index in [2.05, 4.69) is 22.4 Å². The van der Waals surface area contributed by atoms with Crippen molar-refractivity contribution in [2.75, 3.05) is 0 Å². The smallest absolute Gasteiger partial charge is 0.251 e. The van der Waals surface area contributed by atoms with Gasteiger partial charge in [0.25, 0.3) is 5.91 Å². The van der Waals surface area contributed by atoms with E-state index in [0.717, 1.165) is 12.8 Å². The first-order valence-corrected chi connectivity index (χ1v) is 7.32. The zero-order valence-corrected chi connectivity index (χ0v) is 13.0. The van der Waals surface area contributed by atoms with E-state index in [0.29, 0.717) is 10.7 Å². The van der Waals surface area contributed by atoms with Crippen LogP contribution >= 0.6 is 11.6 Å². The molecule has 0 bridgehead atoms. The molecule has 0 unspecified atom stereocenters. The molecular weight excluding hydrogens is 284 g/mol. The molecule has 4 heteroatoms. The molecule has 3 nitrogen and oxygen atoms in total. The van der Waals surface area contributed by atoms with Crippen molar-refractivity contribution < 1.29 is 4.79 Å². The van der Waals surface area contributed by atoms with Crippen LogP contribution in [-0.2, 0) is 6.42 Å². The molecule has 1 amide bonds. The van der Waals surface area contributed by atoms with Gasteiger partial charge in [-0.05, 0) is 44.4 Å². The normalized spacial score (nSPS) is 11.2. The van der Waals surface area contributed by atoms with E-state index in [9.17, 15) is 4.79 Å². The highest BCUT2D eigenvalue weighted by Crippen LogP contribution is 2.15. The van der Waals surface area contributed by atoms with Crippen LogP contribution in [0.25, 0.3) is 0 Å². The number of halogens is 1. The summed E-state index contributed by atoms with van der Waals surface area (Å²) in [5.41, 5.74) is 1.51. The highest BCUT2D eigenvalue weighted by Gasteiger charge is 2.21. The summed E-state index contributed by atoms with van der Waals surface area (Å²) in [6.45, 7) is 4.05. The van der Waals surface area contributed by atoms with E-state index >= 15 is 0 Å². The number of carbonyl (C=O) groups is 1. The lowest BCUT2D eigenvalue weighted by atomic mass is 9.95. The third-order valence-corrected chi connectivity index (χ3v) is 3.53. The third kappa shape index (κ3) is 4.87. The maximum atomic E-state index is 12.2. The number of carbonyl (C=O) groups excluding carboxylic acids is 1. The van der Waals surface area contributed by atoms with Crippen LogP contribution in [0.4, 0.5) is 0 Å². The lowest BCUT2D eigenvalue weighted by molar-refractivity contribution is 0.0909. The Morgan fingerprint density at radius 3 is 2.62 bits per heavy atom. The molecule has 1 aromatic carbocycles. The minimum atomic E-state index is -0.289. The van der Waals surface area contributed by atoms with Gasteiger partial charge in [-0.25, -0.2) is 4.98 Å². The number of nitrogens with zero attached hydrogens (tertiary/aromatic N) is 1. The summed E-state index contributed by atoms with van der Waals surface area (Å²) in [4.78, 5) is 16.1. The number of benzene rings is 1. The molecule has 21 heavy (non-hydrogen) atoms. The van der Waals surface area contributed by atoms with Crippen LogP contribution in [0.3, 0.4) is 0 Å². The summed E-state index contributed by atoms with van der Waals surface area (Å²) in [5, 5.41) is 3.37. The van der Waals surface area contributed by atoms with Gasteiger partial charge in [0, 0.05) is 17.3 Å². The summed E-state index contributed by atoms with van der Waals surface area (Å²) >= 11 is 5.81. The SMILES string of the molecule is CC(C)(CCc1ccccc1)NC(=O)c1ccnc(Cl)c1. The van der Waals surface area contributed by atoms with E-state index in [4.69, 9.17) is 11.6 Å². The third-order valence-electron chi connectivity index (χ3n) is 3.32. The zero-order valence-electron chi connectivity index (χ0n) is 12.3. The Balaban J connectivity index is 1.95. The Morgan fingerprint density at radius 2 is 1.95 bits per heavy atom. The minimum absolute atomic E-state index is 0.127. The number of nitrogens with one attached hydrogen (secondary N) is 1. The van der Waals surface area contributed by atoms with Crippen LogP contribution in [0.1, 0.15) is 36.2 Å². The summed E-state index contributed by atoms with van der Waals surface area (Å²) in [7, 11) is 0. The average Bonchev–Trinajstić information content (AvgIpc) is 2.46.